The highest BCUT2D eigenvalue weighted by Gasteiger charge is 1.98. The minimum absolute atomic E-state index is 0.690. The molecule has 1 heterocycles. The average molecular weight is 399 g/mol. The molecule has 4 aromatic rings. The minimum atomic E-state index is 0.690. The van der Waals surface area contributed by atoms with Gasteiger partial charge in [0.25, 0.3) is 0 Å². The highest BCUT2D eigenvalue weighted by molar-refractivity contribution is 6.31. The van der Waals surface area contributed by atoms with Gasteiger partial charge in [-0.15, -0.1) is 0 Å². The lowest BCUT2D eigenvalue weighted by Gasteiger charge is -2.01. The Balaban J connectivity index is 1.51. The van der Waals surface area contributed by atoms with Crippen LogP contribution in [0.3, 0.4) is 0 Å². The lowest BCUT2D eigenvalue weighted by molar-refractivity contribution is 0.415. The number of nitrogens with zero attached hydrogens (tertiary/aromatic N) is 2. The number of pyridine rings is 1. The number of aliphatic imine (C=N–C) groups is 1. The highest BCUT2D eigenvalue weighted by atomic mass is 35.5. The van der Waals surface area contributed by atoms with Crippen molar-refractivity contribution in [2.75, 3.05) is 7.11 Å². The number of rotatable bonds is 5. The third-order valence-corrected chi connectivity index (χ3v) is 4.70. The number of hydrogen-bond acceptors (Lipinski definition) is 3. The van der Waals surface area contributed by atoms with Crippen molar-refractivity contribution < 1.29 is 4.74 Å². The molecule has 0 amide bonds. The lowest BCUT2D eigenvalue weighted by Crippen LogP contribution is -1.84. The Bertz CT molecular complexity index is 1200. The molecule has 0 radical (unpaired) electrons. The van der Waals surface area contributed by atoms with Gasteiger partial charge in [-0.05, 0) is 65.7 Å². The van der Waals surface area contributed by atoms with E-state index >= 15 is 0 Å². The Morgan fingerprint density at radius 3 is 2.48 bits per heavy atom. The zero-order chi connectivity index (χ0) is 20.1. The van der Waals surface area contributed by atoms with Gasteiger partial charge in [0.2, 0.25) is 0 Å². The summed E-state index contributed by atoms with van der Waals surface area (Å²) in [7, 11) is 1.65. The summed E-state index contributed by atoms with van der Waals surface area (Å²) in [5.41, 5.74) is 4.76. The van der Waals surface area contributed by atoms with Gasteiger partial charge >= 0.3 is 0 Å². The second-order valence-corrected chi connectivity index (χ2v) is 6.97. The smallest absolute Gasteiger partial charge is 0.119 e. The normalized spacial score (nSPS) is 11.5. The first kappa shape index (κ1) is 18.9. The molecule has 4 rings (SSSR count). The summed E-state index contributed by atoms with van der Waals surface area (Å²) in [6.45, 7) is 0. The Morgan fingerprint density at radius 1 is 0.862 bits per heavy atom. The average Bonchev–Trinajstić information content (AvgIpc) is 2.76. The van der Waals surface area contributed by atoms with Crippen molar-refractivity contribution in [3.63, 3.8) is 0 Å². The summed E-state index contributed by atoms with van der Waals surface area (Å²) in [6.07, 6.45) is 5.90. The van der Waals surface area contributed by atoms with E-state index < -0.39 is 0 Å². The number of hydrogen-bond donors (Lipinski definition) is 0. The molecular weight excluding hydrogens is 380 g/mol. The van der Waals surface area contributed by atoms with Gasteiger partial charge in [-0.2, -0.15) is 0 Å². The maximum absolute atomic E-state index is 6.07. The van der Waals surface area contributed by atoms with Crippen LogP contribution in [0.4, 0.5) is 5.69 Å². The van der Waals surface area contributed by atoms with Gasteiger partial charge in [-0.1, -0.05) is 48.0 Å². The van der Waals surface area contributed by atoms with E-state index in [-0.39, 0.29) is 0 Å². The van der Waals surface area contributed by atoms with Crippen molar-refractivity contribution in [1.29, 1.82) is 0 Å². The van der Waals surface area contributed by atoms with Gasteiger partial charge in [0.05, 0.1) is 24.0 Å². The molecule has 0 fully saturated rings. The Morgan fingerprint density at radius 2 is 1.66 bits per heavy atom. The fraction of sp³-hybridized carbons (Fsp3) is 0.0400. The van der Waals surface area contributed by atoms with Gasteiger partial charge < -0.3 is 4.74 Å². The predicted octanol–water partition coefficient (Wildman–Crippen LogP) is 6.82. The number of halogens is 1. The number of aromatic nitrogens is 1. The van der Waals surface area contributed by atoms with Crippen LogP contribution in [0.15, 0.2) is 83.9 Å². The van der Waals surface area contributed by atoms with Crippen molar-refractivity contribution >= 4 is 46.6 Å². The maximum atomic E-state index is 6.07. The van der Waals surface area contributed by atoms with Crippen LogP contribution < -0.4 is 4.74 Å². The summed E-state index contributed by atoms with van der Waals surface area (Å²) in [4.78, 5) is 9.18. The molecule has 0 aliphatic carbocycles. The van der Waals surface area contributed by atoms with Crippen molar-refractivity contribution in [3.8, 4) is 5.75 Å². The second kappa shape index (κ2) is 8.72. The fourth-order valence-electron chi connectivity index (χ4n) is 2.94. The number of ether oxygens (including phenoxy) is 1. The first-order valence-corrected chi connectivity index (χ1v) is 9.60. The second-order valence-electron chi connectivity index (χ2n) is 6.53. The largest absolute Gasteiger partial charge is 0.497 e. The van der Waals surface area contributed by atoms with Crippen LogP contribution >= 0.6 is 11.6 Å². The van der Waals surface area contributed by atoms with Crippen LogP contribution in [-0.4, -0.2) is 18.3 Å². The quantitative estimate of drug-likeness (QED) is 0.346. The van der Waals surface area contributed by atoms with Crippen molar-refractivity contribution in [3.05, 3.63) is 101 Å². The standard InChI is InChI=1S/C25H19ClN2O/c1-29-24-13-11-22(12-14-24)27-17-19-4-2-3-18(15-19)5-9-23-10-7-20-6-8-21(26)16-25(20)28-23/h2-17H,1H3/b9-5+,27-17?. The summed E-state index contributed by atoms with van der Waals surface area (Å²) in [6, 6.07) is 25.6. The van der Waals surface area contributed by atoms with E-state index in [0.717, 1.165) is 39.2 Å². The van der Waals surface area contributed by atoms with E-state index in [9.17, 15) is 0 Å². The Labute approximate surface area is 175 Å². The number of methoxy groups -OCH3 is 1. The van der Waals surface area contributed by atoms with E-state index in [2.05, 4.69) is 28.2 Å². The van der Waals surface area contributed by atoms with Gasteiger partial charge in [0.1, 0.15) is 5.75 Å². The first-order chi connectivity index (χ1) is 14.2. The highest BCUT2D eigenvalue weighted by Crippen LogP contribution is 2.20. The van der Waals surface area contributed by atoms with E-state index in [1.54, 1.807) is 7.11 Å². The van der Waals surface area contributed by atoms with Crippen LogP contribution in [0.25, 0.3) is 23.1 Å². The SMILES string of the molecule is COc1ccc(N=Cc2cccc(/C=C/c3ccc4ccc(Cl)cc4n3)c2)cc1. The van der Waals surface area contributed by atoms with Crippen LogP contribution in [-0.2, 0) is 0 Å². The van der Waals surface area contributed by atoms with E-state index in [1.165, 1.54) is 0 Å². The number of fused-ring (bicyclic) bond motifs is 1. The predicted molar refractivity (Wildman–Crippen MR) is 122 cm³/mol. The molecule has 142 valence electrons. The van der Waals surface area contributed by atoms with Gasteiger partial charge in [-0.25, -0.2) is 4.98 Å². The summed E-state index contributed by atoms with van der Waals surface area (Å²) in [5.74, 6) is 0.820. The Kier molecular flexibility index (Phi) is 5.68. The van der Waals surface area contributed by atoms with Crippen molar-refractivity contribution in [2.24, 2.45) is 4.99 Å². The van der Waals surface area contributed by atoms with Crippen molar-refractivity contribution in [2.45, 2.75) is 0 Å². The molecule has 0 unspecified atom stereocenters. The molecule has 0 spiro atoms. The molecule has 29 heavy (non-hydrogen) atoms. The molecule has 3 nitrogen and oxygen atoms in total. The van der Waals surface area contributed by atoms with E-state index in [1.807, 2.05) is 79.0 Å². The van der Waals surface area contributed by atoms with Gasteiger partial charge in [-0.3, -0.25) is 4.99 Å². The topological polar surface area (TPSA) is 34.5 Å². The van der Waals surface area contributed by atoms with Gasteiger partial charge in [0.15, 0.2) is 0 Å². The lowest BCUT2D eigenvalue weighted by atomic mass is 10.1. The molecule has 0 aliphatic rings. The molecule has 3 aromatic carbocycles. The van der Waals surface area contributed by atoms with E-state index in [4.69, 9.17) is 16.3 Å². The number of benzene rings is 3. The minimum Gasteiger partial charge on any atom is -0.497 e. The molecule has 0 bridgehead atoms. The Hall–Kier alpha value is -3.43. The summed E-state index contributed by atoms with van der Waals surface area (Å²) in [5, 5.41) is 1.76. The zero-order valence-corrected chi connectivity index (χ0v) is 16.7. The summed E-state index contributed by atoms with van der Waals surface area (Å²) < 4.78 is 5.17. The van der Waals surface area contributed by atoms with E-state index in [0.29, 0.717) is 5.02 Å². The van der Waals surface area contributed by atoms with Crippen LogP contribution in [0.1, 0.15) is 16.8 Å². The molecular formula is C25H19ClN2O. The molecule has 4 heteroatoms. The molecule has 0 N–H and O–H groups in total. The fourth-order valence-corrected chi connectivity index (χ4v) is 3.11. The third kappa shape index (κ3) is 4.89. The zero-order valence-electron chi connectivity index (χ0n) is 15.9. The molecule has 0 saturated carbocycles. The van der Waals surface area contributed by atoms with Crippen molar-refractivity contribution in [1.82, 2.24) is 4.98 Å². The maximum Gasteiger partial charge on any atom is 0.119 e. The molecule has 0 atom stereocenters. The molecule has 0 aliphatic heterocycles. The monoisotopic (exact) mass is 398 g/mol. The van der Waals surface area contributed by atoms with Crippen LogP contribution in [0.5, 0.6) is 5.75 Å². The van der Waals surface area contributed by atoms with Gasteiger partial charge in [0, 0.05) is 16.6 Å². The van der Waals surface area contributed by atoms with Crippen LogP contribution in [0, 0.1) is 0 Å². The molecule has 0 saturated heterocycles. The summed E-state index contributed by atoms with van der Waals surface area (Å²) >= 11 is 6.07. The molecule has 1 aromatic heterocycles. The first-order valence-electron chi connectivity index (χ1n) is 9.22. The van der Waals surface area contributed by atoms with Crippen LogP contribution in [0.2, 0.25) is 5.02 Å². The third-order valence-electron chi connectivity index (χ3n) is 4.47.